The topological polar surface area (TPSA) is 59.0 Å². The molecule has 5 nitrogen and oxygen atoms in total. The molecule has 1 heterocycles. The molecule has 0 radical (unpaired) electrons. The van der Waals surface area contributed by atoms with Gasteiger partial charge in [0, 0.05) is 32.3 Å². The van der Waals surface area contributed by atoms with Crippen molar-refractivity contribution >= 4 is 5.91 Å². The van der Waals surface area contributed by atoms with Crippen molar-refractivity contribution in [1.29, 1.82) is 0 Å². The zero-order chi connectivity index (χ0) is 12.0. The zero-order valence-corrected chi connectivity index (χ0v) is 10.2. The van der Waals surface area contributed by atoms with Crippen molar-refractivity contribution in [2.24, 2.45) is 0 Å². The number of nitrogens with one attached hydrogen (secondary N) is 2. The maximum Gasteiger partial charge on any atom is 0.221 e. The number of carbonyl (C=O) groups excluding carboxylic acids is 1. The molecule has 2 N–H and O–H groups in total. The summed E-state index contributed by atoms with van der Waals surface area (Å²) < 4.78 is 1.90. The van der Waals surface area contributed by atoms with Gasteiger partial charge < -0.3 is 10.6 Å². The first kappa shape index (κ1) is 12.7. The first-order chi connectivity index (χ1) is 7.61. The summed E-state index contributed by atoms with van der Waals surface area (Å²) in [7, 11) is 1.65. The van der Waals surface area contributed by atoms with E-state index in [4.69, 9.17) is 0 Å². The van der Waals surface area contributed by atoms with Gasteiger partial charge in [-0.15, -0.1) is 0 Å². The first-order valence-electron chi connectivity index (χ1n) is 5.55. The SMILES string of the molecule is CNC(=O)CC(C)NCCn1cc(C)cn1. The lowest BCUT2D eigenvalue weighted by Gasteiger charge is -2.12. The van der Waals surface area contributed by atoms with Gasteiger partial charge in [-0.2, -0.15) is 5.10 Å². The van der Waals surface area contributed by atoms with Crippen molar-refractivity contribution in [3.8, 4) is 0 Å². The van der Waals surface area contributed by atoms with Gasteiger partial charge in [0.25, 0.3) is 0 Å². The molecule has 5 heteroatoms. The second kappa shape index (κ2) is 6.27. The number of amides is 1. The van der Waals surface area contributed by atoms with Crippen molar-refractivity contribution in [2.45, 2.75) is 32.9 Å². The van der Waals surface area contributed by atoms with E-state index in [9.17, 15) is 4.79 Å². The molecule has 1 rings (SSSR count). The number of nitrogens with zero attached hydrogens (tertiary/aromatic N) is 2. The lowest BCUT2D eigenvalue weighted by molar-refractivity contribution is -0.121. The van der Waals surface area contributed by atoms with E-state index < -0.39 is 0 Å². The Hall–Kier alpha value is -1.36. The van der Waals surface area contributed by atoms with Gasteiger partial charge in [0.15, 0.2) is 0 Å². The van der Waals surface area contributed by atoms with Gasteiger partial charge >= 0.3 is 0 Å². The Balaban J connectivity index is 2.17. The summed E-state index contributed by atoms with van der Waals surface area (Å²) in [5, 5.41) is 10.1. The number of aryl methyl sites for hydroxylation is 1. The summed E-state index contributed by atoms with van der Waals surface area (Å²) in [6.07, 6.45) is 4.35. The van der Waals surface area contributed by atoms with Crippen LogP contribution < -0.4 is 10.6 Å². The molecule has 16 heavy (non-hydrogen) atoms. The average molecular weight is 224 g/mol. The van der Waals surface area contributed by atoms with E-state index in [1.165, 1.54) is 5.56 Å². The second-order valence-corrected chi connectivity index (χ2v) is 4.01. The van der Waals surface area contributed by atoms with Crippen LogP contribution in [0.1, 0.15) is 18.9 Å². The fourth-order valence-electron chi connectivity index (χ4n) is 1.47. The third-order valence-electron chi connectivity index (χ3n) is 2.37. The minimum atomic E-state index is 0.0648. The van der Waals surface area contributed by atoms with E-state index >= 15 is 0 Å². The molecule has 0 saturated carbocycles. The third-order valence-corrected chi connectivity index (χ3v) is 2.37. The van der Waals surface area contributed by atoms with E-state index in [0.29, 0.717) is 6.42 Å². The highest BCUT2D eigenvalue weighted by molar-refractivity contribution is 5.76. The summed E-state index contributed by atoms with van der Waals surface area (Å²) in [6, 6.07) is 0.191. The summed E-state index contributed by atoms with van der Waals surface area (Å²) in [6.45, 7) is 5.67. The molecule has 0 fully saturated rings. The Kier molecular flexibility index (Phi) is 4.98. The maximum atomic E-state index is 11.1. The Bertz CT molecular complexity index is 334. The van der Waals surface area contributed by atoms with E-state index in [2.05, 4.69) is 15.7 Å². The number of aromatic nitrogens is 2. The van der Waals surface area contributed by atoms with Crippen molar-refractivity contribution in [2.75, 3.05) is 13.6 Å². The number of hydrogen-bond acceptors (Lipinski definition) is 3. The van der Waals surface area contributed by atoms with E-state index in [0.717, 1.165) is 13.1 Å². The largest absolute Gasteiger partial charge is 0.359 e. The van der Waals surface area contributed by atoms with Crippen molar-refractivity contribution < 1.29 is 4.79 Å². The molecule has 0 bridgehead atoms. The van der Waals surface area contributed by atoms with E-state index in [-0.39, 0.29) is 11.9 Å². The summed E-state index contributed by atoms with van der Waals surface area (Å²) >= 11 is 0. The normalized spacial score (nSPS) is 12.4. The molecule has 1 atom stereocenters. The third kappa shape index (κ3) is 4.44. The molecule has 1 aromatic heterocycles. The molecule has 0 aliphatic carbocycles. The Morgan fingerprint density at radius 2 is 2.38 bits per heavy atom. The highest BCUT2D eigenvalue weighted by Crippen LogP contribution is 1.94. The van der Waals surface area contributed by atoms with E-state index in [1.807, 2.05) is 30.9 Å². The highest BCUT2D eigenvalue weighted by Gasteiger charge is 2.06. The molecule has 1 unspecified atom stereocenters. The molecular formula is C11H20N4O. The highest BCUT2D eigenvalue weighted by atomic mass is 16.1. The Labute approximate surface area is 96.2 Å². The Morgan fingerprint density at radius 1 is 1.62 bits per heavy atom. The van der Waals surface area contributed by atoms with Crippen LogP contribution in [0.3, 0.4) is 0 Å². The van der Waals surface area contributed by atoms with Crippen LogP contribution in [-0.2, 0) is 11.3 Å². The Morgan fingerprint density at radius 3 is 2.94 bits per heavy atom. The molecule has 0 aliphatic heterocycles. The van der Waals surface area contributed by atoms with Crippen LogP contribution in [0, 0.1) is 6.92 Å². The first-order valence-corrected chi connectivity index (χ1v) is 5.55. The fourth-order valence-corrected chi connectivity index (χ4v) is 1.47. The minimum absolute atomic E-state index is 0.0648. The molecule has 1 aromatic rings. The molecule has 0 aliphatic rings. The number of carbonyl (C=O) groups is 1. The second-order valence-electron chi connectivity index (χ2n) is 4.01. The van der Waals surface area contributed by atoms with E-state index in [1.54, 1.807) is 7.05 Å². The van der Waals surface area contributed by atoms with Crippen LogP contribution in [0.25, 0.3) is 0 Å². The number of hydrogen-bond donors (Lipinski definition) is 2. The predicted molar refractivity (Wildman–Crippen MR) is 63.1 cm³/mol. The standard InChI is InChI=1S/C11H20N4O/c1-9-7-14-15(8-9)5-4-13-10(2)6-11(16)12-3/h7-8,10,13H,4-6H2,1-3H3,(H,12,16). The predicted octanol–water partition coefficient (Wildman–Crippen LogP) is 0.306. The van der Waals surface area contributed by atoms with Gasteiger partial charge in [0.05, 0.1) is 12.7 Å². The van der Waals surface area contributed by atoms with Gasteiger partial charge in [-0.1, -0.05) is 0 Å². The van der Waals surface area contributed by atoms with Crippen LogP contribution in [0.2, 0.25) is 0 Å². The molecule has 90 valence electrons. The average Bonchev–Trinajstić information content (AvgIpc) is 2.64. The van der Waals surface area contributed by atoms with Crippen LogP contribution in [0.5, 0.6) is 0 Å². The van der Waals surface area contributed by atoms with Gasteiger partial charge in [0.1, 0.15) is 0 Å². The molecule has 0 aromatic carbocycles. The quantitative estimate of drug-likeness (QED) is 0.731. The fraction of sp³-hybridized carbons (Fsp3) is 0.636. The van der Waals surface area contributed by atoms with Crippen molar-refractivity contribution in [1.82, 2.24) is 20.4 Å². The van der Waals surface area contributed by atoms with Crippen LogP contribution in [0.15, 0.2) is 12.4 Å². The van der Waals surface area contributed by atoms with Gasteiger partial charge in [-0.3, -0.25) is 9.48 Å². The summed E-state index contributed by atoms with van der Waals surface area (Å²) in [4.78, 5) is 11.1. The number of rotatable bonds is 6. The van der Waals surface area contributed by atoms with Gasteiger partial charge in [0.2, 0.25) is 5.91 Å². The van der Waals surface area contributed by atoms with Crippen LogP contribution >= 0.6 is 0 Å². The molecule has 0 saturated heterocycles. The van der Waals surface area contributed by atoms with Gasteiger partial charge in [-0.05, 0) is 19.4 Å². The monoisotopic (exact) mass is 224 g/mol. The van der Waals surface area contributed by atoms with Gasteiger partial charge in [-0.25, -0.2) is 0 Å². The lowest BCUT2D eigenvalue weighted by Crippen LogP contribution is -2.34. The summed E-state index contributed by atoms with van der Waals surface area (Å²) in [5.41, 5.74) is 1.17. The zero-order valence-electron chi connectivity index (χ0n) is 10.2. The summed E-state index contributed by atoms with van der Waals surface area (Å²) in [5.74, 6) is 0.0648. The van der Waals surface area contributed by atoms with Crippen molar-refractivity contribution in [3.05, 3.63) is 18.0 Å². The lowest BCUT2D eigenvalue weighted by atomic mass is 10.2. The van der Waals surface area contributed by atoms with Crippen LogP contribution in [0.4, 0.5) is 0 Å². The molecular weight excluding hydrogens is 204 g/mol. The van der Waals surface area contributed by atoms with Crippen LogP contribution in [-0.4, -0.2) is 35.3 Å². The minimum Gasteiger partial charge on any atom is -0.359 e. The molecule has 1 amide bonds. The van der Waals surface area contributed by atoms with Crippen molar-refractivity contribution in [3.63, 3.8) is 0 Å². The maximum absolute atomic E-state index is 11.1. The smallest absolute Gasteiger partial charge is 0.221 e. The molecule has 0 spiro atoms.